The predicted molar refractivity (Wildman–Crippen MR) is 143 cm³/mol. The van der Waals surface area contributed by atoms with Gasteiger partial charge in [-0.15, -0.1) is 0 Å². The van der Waals surface area contributed by atoms with Crippen LogP contribution in [0.5, 0.6) is 11.5 Å². The SMILES string of the molecule is CCC1(CC)C[C@@H](NC(=O)[C@H]2CN(S(=O)(=O)Cc3ccccc3)c3ccccc3O2)c2ccccc2O1. The largest absolute Gasteiger partial charge is 0.487 e. The van der Waals surface area contributed by atoms with E-state index >= 15 is 0 Å². The number of hydrogen-bond acceptors (Lipinski definition) is 5. The average Bonchev–Trinajstić information content (AvgIpc) is 2.92. The standard InChI is InChI=1S/C29H32N2O5S/c1-3-29(4-2)18-23(22-14-8-10-16-25(22)36-29)30-28(32)27-19-31(24-15-9-11-17-26(24)35-27)37(33,34)20-21-12-6-5-7-13-21/h5-17,23,27H,3-4,18-20H2,1-2H3,(H,30,32)/t23-,27-/m1/s1. The number of carbonyl (C=O) groups is 1. The fraction of sp³-hybridized carbons (Fsp3) is 0.345. The van der Waals surface area contributed by atoms with E-state index in [0.717, 1.165) is 24.2 Å². The van der Waals surface area contributed by atoms with Gasteiger partial charge in [0.15, 0.2) is 6.10 Å². The van der Waals surface area contributed by atoms with E-state index in [0.29, 0.717) is 23.4 Å². The lowest BCUT2D eigenvalue weighted by molar-refractivity contribution is -0.129. The molecule has 0 aliphatic carbocycles. The molecule has 1 N–H and O–H groups in total. The highest BCUT2D eigenvalue weighted by atomic mass is 32.2. The molecule has 2 aliphatic rings. The van der Waals surface area contributed by atoms with Gasteiger partial charge in [-0.1, -0.05) is 74.5 Å². The van der Waals surface area contributed by atoms with Crippen molar-refractivity contribution in [1.82, 2.24) is 5.32 Å². The maximum Gasteiger partial charge on any atom is 0.263 e. The molecule has 7 nitrogen and oxygen atoms in total. The summed E-state index contributed by atoms with van der Waals surface area (Å²) in [4.78, 5) is 13.6. The van der Waals surface area contributed by atoms with Crippen LogP contribution in [0.3, 0.4) is 0 Å². The van der Waals surface area contributed by atoms with Crippen LogP contribution in [0.25, 0.3) is 0 Å². The van der Waals surface area contributed by atoms with Crippen molar-refractivity contribution in [2.75, 3.05) is 10.8 Å². The number of para-hydroxylation sites is 3. The van der Waals surface area contributed by atoms with E-state index in [1.165, 1.54) is 4.31 Å². The fourth-order valence-corrected chi connectivity index (χ4v) is 6.74. The lowest BCUT2D eigenvalue weighted by Gasteiger charge is -2.42. The molecule has 5 rings (SSSR count). The van der Waals surface area contributed by atoms with Gasteiger partial charge in [0.1, 0.15) is 17.1 Å². The minimum atomic E-state index is -3.77. The van der Waals surface area contributed by atoms with Gasteiger partial charge in [-0.05, 0) is 36.6 Å². The lowest BCUT2D eigenvalue weighted by atomic mass is 9.83. The van der Waals surface area contributed by atoms with Crippen molar-refractivity contribution in [2.24, 2.45) is 0 Å². The zero-order chi connectivity index (χ0) is 26.0. The van der Waals surface area contributed by atoms with E-state index in [4.69, 9.17) is 9.47 Å². The number of hydrogen-bond donors (Lipinski definition) is 1. The molecule has 0 saturated heterocycles. The molecule has 0 radical (unpaired) electrons. The molecule has 0 aromatic heterocycles. The van der Waals surface area contributed by atoms with Gasteiger partial charge in [-0.2, -0.15) is 0 Å². The number of benzene rings is 3. The Balaban J connectivity index is 1.41. The van der Waals surface area contributed by atoms with Gasteiger partial charge in [-0.25, -0.2) is 8.42 Å². The van der Waals surface area contributed by atoms with Crippen molar-refractivity contribution in [3.63, 3.8) is 0 Å². The first-order valence-electron chi connectivity index (χ1n) is 12.7. The van der Waals surface area contributed by atoms with Crippen LogP contribution in [0, 0.1) is 0 Å². The molecular formula is C29H32N2O5S. The van der Waals surface area contributed by atoms with Gasteiger partial charge in [0.2, 0.25) is 10.0 Å². The number of sulfonamides is 1. The summed E-state index contributed by atoms with van der Waals surface area (Å²) in [6, 6.07) is 23.5. The molecule has 2 aliphatic heterocycles. The van der Waals surface area contributed by atoms with E-state index in [9.17, 15) is 13.2 Å². The molecule has 3 aromatic rings. The molecule has 0 bridgehead atoms. The van der Waals surface area contributed by atoms with E-state index in [1.807, 2.05) is 42.5 Å². The number of ether oxygens (including phenoxy) is 2. The number of carbonyl (C=O) groups excluding carboxylic acids is 1. The van der Waals surface area contributed by atoms with Crippen molar-refractivity contribution >= 4 is 21.6 Å². The molecular weight excluding hydrogens is 488 g/mol. The van der Waals surface area contributed by atoms with Gasteiger partial charge >= 0.3 is 0 Å². The summed E-state index contributed by atoms with van der Waals surface area (Å²) in [6.07, 6.45) is 1.25. The van der Waals surface area contributed by atoms with Crippen LogP contribution in [0.15, 0.2) is 78.9 Å². The third kappa shape index (κ3) is 5.03. The Bertz CT molecular complexity index is 1370. The second kappa shape index (κ2) is 10.1. The number of anilines is 1. The van der Waals surface area contributed by atoms with E-state index in [2.05, 4.69) is 19.2 Å². The highest BCUT2D eigenvalue weighted by Gasteiger charge is 2.41. The third-order valence-corrected chi connectivity index (χ3v) is 9.07. The van der Waals surface area contributed by atoms with Crippen LogP contribution in [0.2, 0.25) is 0 Å². The molecule has 8 heteroatoms. The van der Waals surface area contributed by atoms with Crippen molar-refractivity contribution in [1.29, 1.82) is 0 Å². The van der Waals surface area contributed by atoms with Crippen LogP contribution in [0.1, 0.15) is 50.3 Å². The maximum atomic E-state index is 13.6. The van der Waals surface area contributed by atoms with Crippen LogP contribution in [-0.2, 0) is 20.6 Å². The molecule has 0 spiro atoms. The topological polar surface area (TPSA) is 84.9 Å². The molecule has 2 atom stereocenters. The minimum absolute atomic E-state index is 0.102. The number of fused-ring (bicyclic) bond motifs is 2. The Labute approximate surface area is 218 Å². The molecule has 2 heterocycles. The summed E-state index contributed by atoms with van der Waals surface area (Å²) in [6.45, 7) is 4.08. The fourth-order valence-electron chi connectivity index (χ4n) is 5.16. The summed E-state index contributed by atoms with van der Waals surface area (Å²) in [5.41, 5.74) is 1.66. The van der Waals surface area contributed by atoms with E-state index in [-0.39, 0.29) is 29.8 Å². The zero-order valence-electron chi connectivity index (χ0n) is 21.1. The Morgan fingerprint density at radius 1 is 0.946 bits per heavy atom. The normalized spacial score (nSPS) is 20.1. The molecule has 0 saturated carbocycles. The smallest absolute Gasteiger partial charge is 0.263 e. The Kier molecular flexibility index (Phi) is 6.86. The molecule has 3 aromatic carbocycles. The maximum absolute atomic E-state index is 13.6. The van der Waals surface area contributed by atoms with Crippen molar-refractivity contribution in [2.45, 2.75) is 56.6 Å². The molecule has 0 fully saturated rings. The van der Waals surface area contributed by atoms with Crippen molar-refractivity contribution in [3.05, 3.63) is 90.0 Å². The van der Waals surface area contributed by atoms with Gasteiger partial charge in [0.05, 0.1) is 24.0 Å². The summed E-state index contributed by atoms with van der Waals surface area (Å²) >= 11 is 0. The Morgan fingerprint density at radius 3 is 2.32 bits per heavy atom. The lowest BCUT2D eigenvalue weighted by Crippen LogP contribution is -2.53. The predicted octanol–water partition coefficient (Wildman–Crippen LogP) is 4.98. The molecule has 0 unspecified atom stereocenters. The second-order valence-electron chi connectivity index (χ2n) is 9.64. The number of nitrogens with zero attached hydrogens (tertiary/aromatic N) is 1. The second-order valence-corrected chi connectivity index (χ2v) is 11.5. The summed E-state index contributed by atoms with van der Waals surface area (Å²) in [5.74, 6) is 0.621. The number of nitrogens with one attached hydrogen (secondary N) is 1. The highest BCUT2D eigenvalue weighted by Crippen LogP contribution is 2.43. The van der Waals surface area contributed by atoms with Crippen LogP contribution < -0.4 is 19.1 Å². The van der Waals surface area contributed by atoms with E-state index < -0.39 is 16.1 Å². The first-order chi connectivity index (χ1) is 17.8. The summed E-state index contributed by atoms with van der Waals surface area (Å²) in [5, 5.41) is 3.16. The van der Waals surface area contributed by atoms with Crippen LogP contribution >= 0.6 is 0 Å². The first-order valence-corrected chi connectivity index (χ1v) is 14.3. The van der Waals surface area contributed by atoms with Gasteiger partial charge in [0.25, 0.3) is 5.91 Å². The zero-order valence-corrected chi connectivity index (χ0v) is 21.9. The quantitative estimate of drug-likeness (QED) is 0.475. The van der Waals surface area contributed by atoms with Gasteiger partial charge in [0, 0.05) is 12.0 Å². The third-order valence-electron chi connectivity index (χ3n) is 7.36. The number of amides is 1. The monoisotopic (exact) mass is 520 g/mol. The van der Waals surface area contributed by atoms with Crippen molar-refractivity contribution < 1.29 is 22.7 Å². The molecule has 37 heavy (non-hydrogen) atoms. The highest BCUT2D eigenvalue weighted by molar-refractivity contribution is 7.92. The number of rotatable bonds is 7. The minimum Gasteiger partial charge on any atom is -0.487 e. The van der Waals surface area contributed by atoms with Gasteiger partial charge < -0.3 is 14.8 Å². The molecule has 194 valence electrons. The van der Waals surface area contributed by atoms with Crippen LogP contribution in [-0.4, -0.2) is 32.6 Å². The summed E-state index contributed by atoms with van der Waals surface area (Å²) in [7, 11) is -3.77. The molecule has 1 amide bonds. The average molecular weight is 521 g/mol. The van der Waals surface area contributed by atoms with Crippen LogP contribution in [0.4, 0.5) is 5.69 Å². The summed E-state index contributed by atoms with van der Waals surface area (Å²) < 4.78 is 40.8. The van der Waals surface area contributed by atoms with Gasteiger partial charge in [-0.3, -0.25) is 9.10 Å². The Morgan fingerprint density at radius 2 is 1.59 bits per heavy atom. The Hall–Kier alpha value is -3.52. The first kappa shape index (κ1) is 25.1. The van der Waals surface area contributed by atoms with E-state index in [1.54, 1.807) is 36.4 Å². The van der Waals surface area contributed by atoms with Crippen molar-refractivity contribution in [3.8, 4) is 11.5 Å².